The van der Waals surface area contributed by atoms with Crippen LogP contribution >= 0.6 is 27.3 Å². The van der Waals surface area contributed by atoms with Crippen LogP contribution in [-0.4, -0.2) is 5.11 Å². The van der Waals surface area contributed by atoms with Crippen LogP contribution in [0.2, 0.25) is 0 Å². The molecule has 0 spiro atoms. The molecule has 0 radical (unpaired) electrons. The zero-order valence-corrected chi connectivity index (χ0v) is 9.52. The number of halogens is 1. The average Bonchev–Trinajstić information content (AvgIpc) is 2.68. The van der Waals surface area contributed by atoms with Gasteiger partial charge < -0.3 is 5.11 Å². The van der Waals surface area contributed by atoms with Crippen molar-refractivity contribution >= 4 is 37.4 Å². The molecule has 4 heteroatoms. The van der Waals surface area contributed by atoms with Crippen LogP contribution in [-0.2, 0) is 5.33 Å². The van der Waals surface area contributed by atoms with Gasteiger partial charge in [-0.2, -0.15) is 5.26 Å². The van der Waals surface area contributed by atoms with Gasteiger partial charge in [0.25, 0.3) is 0 Å². The number of nitrogens with zero attached hydrogens (tertiary/aromatic N) is 1. The normalized spacial score (nSPS) is 10.3. The maximum absolute atomic E-state index is 9.73. The molecule has 1 aromatic carbocycles. The fourth-order valence-electron chi connectivity index (χ4n) is 1.38. The summed E-state index contributed by atoms with van der Waals surface area (Å²) in [7, 11) is 0. The van der Waals surface area contributed by atoms with Crippen molar-refractivity contribution < 1.29 is 5.11 Å². The highest BCUT2D eigenvalue weighted by Gasteiger charge is 2.11. The molecule has 0 bridgehead atoms. The lowest BCUT2D eigenvalue weighted by Gasteiger charge is -2.02. The summed E-state index contributed by atoms with van der Waals surface area (Å²) in [5.74, 6) is 0.0912. The van der Waals surface area contributed by atoms with Crippen LogP contribution in [0.4, 0.5) is 0 Å². The van der Waals surface area contributed by atoms with Crippen LogP contribution in [0.25, 0.3) is 10.1 Å². The third-order valence-electron chi connectivity index (χ3n) is 2.05. The number of thiophene rings is 1. The van der Waals surface area contributed by atoms with E-state index in [0.717, 1.165) is 15.6 Å². The fraction of sp³-hybridized carbons (Fsp3) is 0.100. The van der Waals surface area contributed by atoms with E-state index in [-0.39, 0.29) is 5.75 Å². The van der Waals surface area contributed by atoms with E-state index in [9.17, 15) is 5.11 Å². The second kappa shape index (κ2) is 3.60. The van der Waals surface area contributed by atoms with Crippen LogP contribution in [0.5, 0.6) is 5.75 Å². The molecule has 14 heavy (non-hydrogen) atoms. The number of hydrogen-bond donors (Lipinski definition) is 1. The first kappa shape index (κ1) is 9.50. The van der Waals surface area contributed by atoms with Gasteiger partial charge in [-0.15, -0.1) is 11.3 Å². The Labute approximate surface area is 93.5 Å². The number of phenols is 1. The number of fused-ring (bicyclic) bond motifs is 1. The Morgan fingerprint density at radius 1 is 1.57 bits per heavy atom. The van der Waals surface area contributed by atoms with Gasteiger partial charge in [-0.05, 0) is 23.1 Å². The third-order valence-corrected chi connectivity index (χ3v) is 3.64. The molecule has 70 valence electrons. The van der Waals surface area contributed by atoms with Crippen LogP contribution in [0.3, 0.4) is 0 Å². The van der Waals surface area contributed by atoms with Gasteiger partial charge in [0.05, 0.1) is 5.56 Å². The number of phenolic OH excluding ortho intramolecular Hbond substituents is 1. The number of hydrogen-bond acceptors (Lipinski definition) is 3. The molecule has 0 aliphatic rings. The Morgan fingerprint density at radius 2 is 2.36 bits per heavy atom. The van der Waals surface area contributed by atoms with E-state index in [1.165, 1.54) is 0 Å². The zero-order valence-electron chi connectivity index (χ0n) is 7.12. The standard InChI is InChI=1S/C10H6BrNOS/c11-4-6-3-7(5-12)9(13)8-1-2-14-10(6)8/h1-3,13H,4H2. The monoisotopic (exact) mass is 267 g/mol. The molecule has 0 amide bonds. The summed E-state index contributed by atoms with van der Waals surface area (Å²) < 4.78 is 1.04. The van der Waals surface area contributed by atoms with Crippen molar-refractivity contribution in [2.24, 2.45) is 0 Å². The van der Waals surface area contributed by atoms with Gasteiger partial charge in [-0.1, -0.05) is 15.9 Å². The number of aromatic hydroxyl groups is 1. The summed E-state index contributed by atoms with van der Waals surface area (Å²) >= 11 is 4.94. The molecule has 0 saturated carbocycles. The van der Waals surface area contributed by atoms with E-state index in [0.29, 0.717) is 10.9 Å². The second-order valence-corrected chi connectivity index (χ2v) is 4.32. The molecule has 1 aromatic heterocycles. The summed E-state index contributed by atoms with van der Waals surface area (Å²) in [5.41, 5.74) is 1.38. The first-order valence-corrected chi connectivity index (χ1v) is 5.96. The predicted molar refractivity (Wildman–Crippen MR) is 60.8 cm³/mol. The predicted octanol–water partition coefficient (Wildman–Crippen LogP) is 3.37. The maximum Gasteiger partial charge on any atom is 0.142 e. The Balaban J connectivity index is 2.89. The van der Waals surface area contributed by atoms with Crippen molar-refractivity contribution in [3.05, 3.63) is 28.6 Å². The van der Waals surface area contributed by atoms with Gasteiger partial charge in [0.2, 0.25) is 0 Å². The topological polar surface area (TPSA) is 44.0 Å². The third kappa shape index (κ3) is 1.29. The fourth-order valence-corrected chi connectivity index (χ4v) is 2.92. The molecule has 0 saturated heterocycles. The SMILES string of the molecule is N#Cc1cc(CBr)c2sccc2c1O. The van der Waals surface area contributed by atoms with E-state index in [1.807, 2.05) is 17.5 Å². The summed E-state index contributed by atoms with van der Waals surface area (Å²) in [6.07, 6.45) is 0. The van der Waals surface area contributed by atoms with Crippen molar-refractivity contribution in [3.8, 4) is 11.8 Å². The number of benzene rings is 1. The summed E-state index contributed by atoms with van der Waals surface area (Å²) in [6, 6.07) is 5.55. The van der Waals surface area contributed by atoms with Gasteiger partial charge in [-0.25, -0.2) is 0 Å². The Kier molecular flexibility index (Phi) is 2.44. The molecule has 2 rings (SSSR count). The molecule has 0 atom stereocenters. The highest BCUT2D eigenvalue weighted by Crippen LogP contribution is 2.35. The molecular formula is C10H6BrNOS. The minimum atomic E-state index is 0.0912. The van der Waals surface area contributed by atoms with Crippen molar-refractivity contribution in [2.45, 2.75) is 5.33 Å². The van der Waals surface area contributed by atoms with E-state index in [4.69, 9.17) is 5.26 Å². The lowest BCUT2D eigenvalue weighted by Crippen LogP contribution is -1.83. The van der Waals surface area contributed by atoms with E-state index in [1.54, 1.807) is 17.4 Å². The molecule has 1 N–H and O–H groups in total. The van der Waals surface area contributed by atoms with Gasteiger partial charge in [0.1, 0.15) is 11.8 Å². The quantitative estimate of drug-likeness (QED) is 0.806. The summed E-state index contributed by atoms with van der Waals surface area (Å²) in [6.45, 7) is 0. The van der Waals surface area contributed by atoms with Crippen LogP contribution in [0, 0.1) is 11.3 Å². The van der Waals surface area contributed by atoms with Crippen molar-refractivity contribution in [2.75, 3.05) is 0 Å². The van der Waals surface area contributed by atoms with Gasteiger partial charge in [0, 0.05) is 15.4 Å². The van der Waals surface area contributed by atoms with Gasteiger partial charge in [0.15, 0.2) is 0 Å². The molecule has 2 nitrogen and oxygen atoms in total. The van der Waals surface area contributed by atoms with Gasteiger partial charge >= 0.3 is 0 Å². The molecule has 1 heterocycles. The molecule has 0 fully saturated rings. The van der Waals surface area contributed by atoms with Crippen LogP contribution in [0.15, 0.2) is 17.5 Å². The zero-order chi connectivity index (χ0) is 10.1. The number of alkyl halides is 1. The van der Waals surface area contributed by atoms with Crippen molar-refractivity contribution in [1.29, 1.82) is 5.26 Å². The maximum atomic E-state index is 9.73. The average molecular weight is 268 g/mol. The number of nitriles is 1. The molecule has 0 unspecified atom stereocenters. The van der Waals surface area contributed by atoms with E-state index in [2.05, 4.69) is 15.9 Å². The first-order chi connectivity index (χ1) is 6.77. The Hall–Kier alpha value is -1.05. The Bertz CT molecular complexity index is 527. The van der Waals surface area contributed by atoms with Crippen molar-refractivity contribution in [1.82, 2.24) is 0 Å². The van der Waals surface area contributed by atoms with Crippen molar-refractivity contribution in [3.63, 3.8) is 0 Å². The highest BCUT2D eigenvalue weighted by atomic mass is 79.9. The molecule has 2 aromatic rings. The lowest BCUT2D eigenvalue weighted by atomic mass is 10.1. The van der Waals surface area contributed by atoms with Crippen LogP contribution < -0.4 is 0 Å². The van der Waals surface area contributed by atoms with Crippen LogP contribution in [0.1, 0.15) is 11.1 Å². The lowest BCUT2D eigenvalue weighted by molar-refractivity contribution is 0.480. The molecular weight excluding hydrogens is 262 g/mol. The highest BCUT2D eigenvalue weighted by molar-refractivity contribution is 9.08. The number of rotatable bonds is 1. The van der Waals surface area contributed by atoms with E-state index >= 15 is 0 Å². The van der Waals surface area contributed by atoms with E-state index < -0.39 is 0 Å². The molecule has 0 aliphatic heterocycles. The first-order valence-electron chi connectivity index (χ1n) is 3.96. The van der Waals surface area contributed by atoms with Gasteiger partial charge in [-0.3, -0.25) is 0 Å². The smallest absolute Gasteiger partial charge is 0.142 e. The largest absolute Gasteiger partial charge is 0.506 e. The molecule has 0 aliphatic carbocycles. The Morgan fingerprint density at radius 3 is 3.00 bits per heavy atom. The summed E-state index contributed by atoms with van der Waals surface area (Å²) in [5, 5.41) is 21.9. The minimum Gasteiger partial charge on any atom is -0.506 e. The minimum absolute atomic E-state index is 0.0912. The summed E-state index contributed by atoms with van der Waals surface area (Å²) in [4.78, 5) is 0. The second-order valence-electron chi connectivity index (χ2n) is 2.84.